The highest BCUT2D eigenvalue weighted by atomic mass is 19.4. The quantitative estimate of drug-likeness (QED) is 0.553. The van der Waals surface area contributed by atoms with Gasteiger partial charge in [0.1, 0.15) is 11.6 Å². The lowest BCUT2D eigenvalue weighted by atomic mass is 9.83. The van der Waals surface area contributed by atoms with Crippen molar-refractivity contribution in [3.63, 3.8) is 0 Å². The van der Waals surface area contributed by atoms with Crippen LogP contribution in [0.25, 0.3) is 0 Å². The number of nitrogens with zero attached hydrogens (tertiary/aromatic N) is 1. The van der Waals surface area contributed by atoms with Crippen molar-refractivity contribution in [2.75, 3.05) is 25.0 Å². The van der Waals surface area contributed by atoms with Crippen LogP contribution in [-0.2, 0) is 17.3 Å². The highest BCUT2D eigenvalue weighted by Gasteiger charge is 2.36. The van der Waals surface area contributed by atoms with Crippen LogP contribution in [0.4, 0.5) is 28.0 Å². The van der Waals surface area contributed by atoms with Crippen LogP contribution >= 0.6 is 0 Å². The highest BCUT2D eigenvalue weighted by molar-refractivity contribution is 5.89. The minimum absolute atomic E-state index is 0.108. The van der Waals surface area contributed by atoms with E-state index in [4.69, 9.17) is 10.5 Å². The number of phenols is 1. The summed E-state index contributed by atoms with van der Waals surface area (Å²) in [6, 6.07) is 5.03. The Morgan fingerprint density at radius 3 is 2.59 bits per heavy atom. The molecule has 2 amide bonds. The molecule has 0 saturated carbocycles. The average Bonchev–Trinajstić information content (AvgIpc) is 2.81. The van der Waals surface area contributed by atoms with Gasteiger partial charge < -0.3 is 25.8 Å². The van der Waals surface area contributed by atoms with E-state index in [9.17, 15) is 27.5 Å². The van der Waals surface area contributed by atoms with Crippen molar-refractivity contribution >= 4 is 11.7 Å². The minimum Gasteiger partial charge on any atom is -0.507 e. The van der Waals surface area contributed by atoms with Crippen molar-refractivity contribution in [3.8, 4) is 5.75 Å². The van der Waals surface area contributed by atoms with Gasteiger partial charge in [-0.25, -0.2) is 9.18 Å². The Bertz CT molecular complexity index is 1070. The van der Waals surface area contributed by atoms with Crippen molar-refractivity contribution < 1.29 is 32.2 Å². The Morgan fingerprint density at radius 2 is 1.94 bits per heavy atom. The Kier molecular flexibility index (Phi) is 6.73. The maximum Gasteiger partial charge on any atom is 0.416 e. The number of aryl methyl sites for hydroxylation is 1. The number of nitrogens with one attached hydrogen (secondary N) is 1. The lowest BCUT2D eigenvalue weighted by molar-refractivity contribution is -0.137. The fourth-order valence-electron chi connectivity index (χ4n) is 4.75. The molecule has 34 heavy (non-hydrogen) atoms. The Morgan fingerprint density at radius 1 is 1.24 bits per heavy atom. The summed E-state index contributed by atoms with van der Waals surface area (Å²) in [4.78, 5) is 14.0. The van der Waals surface area contributed by atoms with Crippen molar-refractivity contribution in [3.05, 3.63) is 58.4 Å². The largest absolute Gasteiger partial charge is 0.507 e. The van der Waals surface area contributed by atoms with Gasteiger partial charge >= 0.3 is 12.2 Å². The molecule has 0 aromatic heterocycles. The zero-order valence-electron chi connectivity index (χ0n) is 18.7. The number of phenolic OH excluding ortho intramolecular Hbond substituents is 1. The Labute approximate surface area is 194 Å². The molecule has 2 aliphatic heterocycles. The molecule has 0 spiro atoms. The molecule has 4 N–H and O–H groups in total. The lowest BCUT2D eigenvalue weighted by Gasteiger charge is -2.40. The van der Waals surface area contributed by atoms with E-state index in [1.165, 1.54) is 4.90 Å². The van der Waals surface area contributed by atoms with E-state index >= 15 is 0 Å². The number of piperidine rings is 1. The van der Waals surface area contributed by atoms with Crippen LogP contribution in [0, 0.1) is 18.7 Å². The van der Waals surface area contributed by atoms with Gasteiger partial charge in [-0.05, 0) is 55.0 Å². The van der Waals surface area contributed by atoms with E-state index < -0.39 is 29.3 Å². The number of hydrogen-bond acceptors (Lipinski definition) is 4. The summed E-state index contributed by atoms with van der Waals surface area (Å²) in [5.74, 6) is -0.575. The fraction of sp³-hybridized carbons (Fsp3) is 0.458. The van der Waals surface area contributed by atoms with Gasteiger partial charge in [-0.2, -0.15) is 13.2 Å². The summed E-state index contributed by atoms with van der Waals surface area (Å²) in [6.45, 7) is 2.80. The number of anilines is 1. The van der Waals surface area contributed by atoms with E-state index in [1.54, 1.807) is 0 Å². The number of halogens is 4. The number of alkyl halides is 3. The van der Waals surface area contributed by atoms with Gasteiger partial charge in [-0.15, -0.1) is 0 Å². The third kappa shape index (κ3) is 4.83. The molecule has 2 aromatic rings. The number of hydrogen-bond donors (Lipinski definition) is 3. The van der Waals surface area contributed by atoms with Crippen molar-refractivity contribution in [1.29, 1.82) is 0 Å². The molecule has 2 aliphatic rings. The van der Waals surface area contributed by atoms with Gasteiger partial charge in [-0.1, -0.05) is 12.1 Å². The molecule has 2 atom stereocenters. The summed E-state index contributed by atoms with van der Waals surface area (Å²) in [5.41, 5.74) is 6.88. The molecular formula is C24H27F4N3O3. The number of ether oxygens (including phenoxy) is 1. The zero-order chi connectivity index (χ0) is 24.6. The molecular weight excluding hydrogens is 454 g/mol. The molecule has 10 heteroatoms. The number of benzene rings is 2. The molecule has 4 rings (SSSR count). The maximum absolute atomic E-state index is 14.0. The van der Waals surface area contributed by atoms with Crippen LogP contribution in [0.1, 0.15) is 41.2 Å². The number of aromatic hydroxyl groups is 1. The second-order valence-electron chi connectivity index (χ2n) is 8.85. The van der Waals surface area contributed by atoms with Gasteiger partial charge in [0.15, 0.2) is 0 Å². The smallest absolute Gasteiger partial charge is 0.416 e. The van der Waals surface area contributed by atoms with Gasteiger partial charge in [-0.3, -0.25) is 0 Å². The van der Waals surface area contributed by atoms with Crippen LogP contribution in [0.5, 0.6) is 5.75 Å². The normalized spacial score (nSPS) is 21.3. The number of rotatable bonds is 3. The number of likely N-dealkylation sites (tertiary alicyclic amines) is 1. The first-order valence-corrected chi connectivity index (χ1v) is 11.2. The van der Waals surface area contributed by atoms with Crippen LogP contribution in [-0.4, -0.2) is 41.8 Å². The summed E-state index contributed by atoms with van der Waals surface area (Å²) in [5, 5.41) is 12.8. The van der Waals surface area contributed by atoms with E-state index in [-0.39, 0.29) is 30.4 Å². The number of nitrogens with two attached hydrogens (primary N) is 1. The molecule has 0 unspecified atom stereocenters. The maximum atomic E-state index is 14.0. The molecule has 1 fully saturated rings. The Balaban J connectivity index is 1.40. The lowest BCUT2D eigenvalue weighted by Crippen LogP contribution is -2.45. The predicted octanol–water partition coefficient (Wildman–Crippen LogP) is 4.74. The van der Waals surface area contributed by atoms with Gasteiger partial charge in [0.25, 0.3) is 0 Å². The molecule has 0 radical (unpaired) electrons. The van der Waals surface area contributed by atoms with Crippen molar-refractivity contribution in [2.45, 2.75) is 44.6 Å². The summed E-state index contributed by atoms with van der Waals surface area (Å²) >= 11 is 0. The van der Waals surface area contributed by atoms with Crippen molar-refractivity contribution in [1.82, 2.24) is 4.90 Å². The third-order valence-corrected chi connectivity index (χ3v) is 6.71. The van der Waals surface area contributed by atoms with E-state index in [0.29, 0.717) is 50.6 Å². The van der Waals surface area contributed by atoms with E-state index in [0.717, 1.165) is 16.7 Å². The first kappa shape index (κ1) is 24.3. The second kappa shape index (κ2) is 9.42. The summed E-state index contributed by atoms with van der Waals surface area (Å²) < 4.78 is 59.0. The molecule has 0 bridgehead atoms. The fourth-order valence-corrected chi connectivity index (χ4v) is 4.75. The molecule has 0 aliphatic carbocycles. The van der Waals surface area contributed by atoms with E-state index in [2.05, 4.69) is 5.32 Å². The van der Waals surface area contributed by atoms with Gasteiger partial charge in [0, 0.05) is 31.6 Å². The van der Waals surface area contributed by atoms with Crippen LogP contribution < -0.4 is 11.1 Å². The van der Waals surface area contributed by atoms with Crippen LogP contribution in [0.15, 0.2) is 30.3 Å². The molecule has 2 aromatic carbocycles. The molecule has 2 heterocycles. The topological polar surface area (TPSA) is 87.8 Å². The Hall–Kier alpha value is -2.85. The number of carbonyl (C=O) groups excluding carboxylic acids is 1. The van der Waals surface area contributed by atoms with E-state index in [1.807, 2.05) is 19.1 Å². The summed E-state index contributed by atoms with van der Waals surface area (Å²) in [7, 11) is 0. The number of carbonyl (C=O) groups is 1. The highest BCUT2D eigenvalue weighted by Crippen LogP contribution is 2.40. The third-order valence-electron chi connectivity index (χ3n) is 6.71. The molecule has 1 saturated heterocycles. The second-order valence-corrected chi connectivity index (χ2v) is 8.85. The molecule has 184 valence electrons. The summed E-state index contributed by atoms with van der Waals surface area (Å²) in [6.07, 6.45) is -3.42. The van der Waals surface area contributed by atoms with Gasteiger partial charge in [0.05, 0.1) is 23.5 Å². The SMILES string of the molecule is Cc1ccc2c(c1O)C[C@@H](C1CCN(C(=O)Nc3cc(C(F)(F)F)ccc3F)CC1)O[C@H]2CN. The number of urea groups is 1. The van der Waals surface area contributed by atoms with Crippen LogP contribution in [0.2, 0.25) is 0 Å². The first-order valence-electron chi connectivity index (χ1n) is 11.2. The number of fused-ring (bicyclic) bond motifs is 1. The zero-order valence-corrected chi connectivity index (χ0v) is 18.7. The number of amides is 2. The first-order chi connectivity index (χ1) is 16.1. The molecule has 6 nitrogen and oxygen atoms in total. The standard InChI is InChI=1S/C24H27F4N3O3/c1-13-2-4-16-17(22(13)32)11-20(34-21(16)12-29)14-6-8-31(9-7-14)23(33)30-19-10-15(24(26,27)28)3-5-18(19)25/h2-5,10,14,20-21,32H,6-9,11-12,29H2,1H3,(H,30,33)/t20-,21-/m0/s1. The minimum atomic E-state index is -4.64. The van der Waals surface area contributed by atoms with Crippen LogP contribution in [0.3, 0.4) is 0 Å². The van der Waals surface area contributed by atoms with Gasteiger partial charge in [0.2, 0.25) is 0 Å². The predicted molar refractivity (Wildman–Crippen MR) is 118 cm³/mol. The monoisotopic (exact) mass is 481 g/mol. The average molecular weight is 481 g/mol. The van der Waals surface area contributed by atoms with Crippen molar-refractivity contribution in [2.24, 2.45) is 11.7 Å².